The van der Waals surface area contributed by atoms with Gasteiger partial charge in [-0.25, -0.2) is 4.79 Å². The molecule has 2 aromatic heterocycles. The van der Waals surface area contributed by atoms with E-state index in [0.29, 0.717) is 29.5 Å². The second-order valence-electron chi connectivity index (χ2n) is 6.51. The minimum Gasteiger partial charge on any atom is -0.449 e. The standard InChI is InChI=1S/C18H22N2O4S/c1-4-14(17(21)19-16-8-11(3)24-20-16)23-18(22)13-9-25-15-7-10(2)5-6-12(13)15/h8-10,14H,4-7H2,1-3H3,(H,19,20,21). The van der Waals surface area contributed by atoms with Crippen molar-refractivity contribution in [2.45, 2.75) is 52.6 Å². The van der Waals surface area contributed by atoms with Crippen LogP contribution in [-0.2, 0) is 22.4 Å². The molecule has 2 aromatic rings. The number of carbonyl (C=O) groups excluding carboxylic acids is 2. The Hall–Kier alpha value is -2.15. The zero-order chi connectivity index (χ0) is 18.0. The Labute approximate surface area is 150 Å². The van der Waals surface area contributed by atoms with Gasteiger partial charge in [0.1, 0.15) is 5.76 Å². The molecule has 2 heterocycles. The van der Waals surface area contributed by atoms with Crippen LogP contribution in [0.3, 0.4) is 0 Å². The Morgan fingerprint density at radius 2 is 2.32 bits per heavy atom. The number of anilines is 1. The molecule has 1 N–H and O–H groups in total. The van der Waals surface area contributed by atoms with Crippen LogP contribution in [-0.4, -0.2) is 23.1 Å². The van der Waals surface area contributed by atoms with Crippen LogP contribution >= 0.6 is 11.3 Å². The normalized spacial score (nSPS) is 17.6. The molecule has 0 saturated carbocycles. The number of ether oxygens (including phenoxy) is 1. The molecule has 1 amide bonds. The summed E-state index contributed by atoms with van der Waals surface area (Å²) < 4.78 is 10.4. The summed E-state index contributed by atoms with van der Waals surface area (Å²) in [5, 5.41) is 8.19. The number of aromatic nitrogens is 1. The number of hydrogen-bond acceptors (Lipinski definition) is 6. The van der Waals surface area contributed by atoms with E-state index in [1.807, 2.05) is 5.38 Å². The van der Waals surface area contributed by atoms with Gasteiger partial charge in [-0.15, -0.1) is 11.3 Å². The van der Waals surface area contributed by atoms with Gasteiger partial charge < -0.3 is 14.6 Å². The van der Waals surface area contributed by atoms with Crippen molar-refractivity contribution in [1.29, 1.82) is 0 Å². The first-order valence-electron chi connectivity index (χ1n) is 8.52. The monoisotopic (exact) mass is 362 g/mol. The van der Waals surface area contributed by atoms with Gasteiger partial charge in [0.15, 0.2) is 11.9 Å². The predicted molar refractivity (Wildman–Crippen MR) is 94.9 cm³/mol. The molecule has 0 bridgehead atoms. The molecular formula is C18H22N2O4S. The van der Waals surface area contributed by atoms with Crippen LogP contribution in [0.25, 0.3) is 0 Å². The second kappa shape index (κ2) is 7.39. The molecule has 3 rings (SSSR count). The van der Waals surface area contributed by atoms with Crippen molar-refractivity contribution in [1.82, 2.24) is 5.16 Å². The van der Waals surface area contributed by atoms with Crippen LogP contribution in [0.4, 0.5) is 5.82 Å². The molecule has 1 aliphatic rings. The van der Waals surface area contributed by atoms with Crippen LogP contribution in [0.5, 0.6) is 0 Å². The van der Waals surface area contributed by atoms with Crippen molar-refractivity contribution >= 4 is 29.0 Å². The minimum atomic E-state index is -0.859. The average molecular weight is 362 g/mol. The molecule has 0 spiro atoms. The number of aryl methyl sites for hydroxylation is 1. The molecule has 25 heavy (non-hydrogen) atoms. The van der Waals surface area contributed by atoms with Crippen molar-refractivity contribution < 1.29 is 18.8 Å². The van der Waals surface area contributed by atoms with Crippen molar-refractivity contribution in [2.24, 2.45) is 5.92 Å². The third-order valence-electron chi connectivity index (χ3n) is 4.41. The molecule has 2 unspecified atom stereocenters. The maximum absolute atomic E-state index is 12.6. The Morgan fingerprint density at radius 1 is 1.52 bits per heavy atom. The number of fused-ring (bicyclic) bond motifs is 1. The van der Waals surface area contributed by atoms with E-state index in [2.05, 4.69) is 17.4 Å². The molecule has 134 valence electrons. The molecule has 2 atom stereocenters. The Balaban J connectivity index is 1.67. The zero-order valence-electron chi connectivity index (χ0n) is 14.6. The lowest BCUT2D eigenvalue weighted by Crippen LogP contribution is -2.32. The van der Waals surface area contributed by atoms with Gasteiger partial charge in [0.25, 0.3) is 5.91 Å². The van der Waals surface area contributed by atoms with E-state index in [1.54, 1.807) is 31.3 Å². The molecule has 0 aromatic carbocycles. The number of amides is 1. The highest BCUT2D eigenvalue weighted by atomic mass is 32.1. The van der Waals surface area contributed by atoms with Crippen LogP contribution < -0.4 is 5.32 Å². The maximum atomic E-state index is 12.6. The van der Waals surface area contributed by atoms with Gasteiger partial charge in [0.2, 0.25) is 0 Å². The van der Waals surface area contributed by atoms with E-state index < -0.39 is 18.0 Å². The first-order valence-corrected chi connectivity index (χ1v) is 9.40. The molecule has 7 heteroatoms. The van der Waals surface area contributed by atoms with Crippen molar-refractivity contribution in [3.8, 4) is 0 Å². The maximum Gasteiger partial charge on any atom is 0.340 e. The van der Waals surface area contributed by atoms with E-state index >= 15 is 0 Å². The predicted octanol–water partition coefficient (Wildman–Crippen LogP) is 3.74. The SMILES string of the molecule is CCC(OC(=O)c1csc2c1CCC(C)C2)C(=O)Nc1cc(C)on1. The minimum absolute atomic E-state index is 0.318. The van der Waals surface area contributed by atoms with Crippen molar-refractivity contribution in [3.63, 3.8) is 0 Å². The van der Waals surface area contributed by atoms with E-state index in [-0.39, 0.29) is 0 Å². The van der Waals surface area contributed by atoms with Gasteiger partial charge in [-0.2, -0.15) is 0 Å². The van der Waals surface area contributed by atoms with Gasteiger partial charge in [0.05, 0.1) is 5.56 Å². The molecule has 6 nitrogen and oxygen atoms in total. The number of thiophene rings is 1. The quantitative estimate of drug-likeness (QED) is 0.819. The molecule has 0 saturated heterocycles. The van der Waals surface area contributed by atoms with Gasteiger partial charge in [-0.05, 0) is 44.1 Å². The van der Waals surface area contributed by atoms with Crippen molar-refractivity contribution in [2.75, 3.05) is 5.32 Å². The molecule has 0 fully saturated rings. The van der Waals surface area contributed by atoms with Gasteiger partial charge in [-0.1, -0.05) is 19.0 Å². The molecule has 1 aliphatic carbocycles. The number of carbonyl (C=O) groups is 2. The Morgan fingerprint density at radius 3 is 3.00 bits per heavy atom. The summed E-state index contributed by atoms with van der Waals surface area (Å²) in [6, 6.07) is 1.61. The molecule has 0 radical (unpaired) electrons. The molecule has 0 aliphatic heterocycles. The van der Waals surface area contributed by atoms with E-state index in [1.165, 1.54) is 4.88 Å². The van der Waals surface area contributed by atoms with Crippen LogP contribution in [0.2, 0.25) is 0 Å². The number of esters is 1. The summed E-state index contributed by atoms with van der Waals surface area (Å²) in [5.41, 5.74) is 1.70. The Kier molecular flexibility index (Phi) is 5.22. The summed E-state index contributed by atoms with van der Waals surface area (Å²) >= 11 is 1.61. The van der Waals surface area contributed by atoms with Crippen molar-refractivity contribution in [3.05, 3.63) is 33.2 Å². The summed E-state index contributed by atoms with van der Waals surface area (Å²) in [6.45, 7) is 5.76. The summed E-state index contributed by atoms with van der Waals surface area (Å²) in [6.07, 6.45) is 2.51. The number of rotatable bonds is 5. The van der Waals surface area contributed by atoms with E-state index in [0.717, 1.165) is 24.8 Å². The van der Waals surface area contributed by atoms with Gasteiger partial charge >= 0.3 is 5.97 Å². The zero-order valence-corrected chi connectivity index (χ0v) is 15.4. The second-order valence-corrected chi connectivity index (χ2v) is 7.48. The third kappa shape index (κ3) is 3.92. The highest BCUT2D eigenvalue weighted by molar-refractivity contribution is 7.10. The lowest BCUT2D eigenvalue weighted by Gasteiger charge is -2.19. The third-order valence-corrected chi connectivity index (χ3v) is 5.46. The topological polar surface area (TPSA) is 81.4 Å². The van der Waals surface area contributed by atoms with Crippen LogP contribution in [0, 0.1) is 12.8 Å². The lowest BCUT2D eigenvalue weighted by atomic mass is 9.88. The lowest BCUT2D eigenvalue weighted by molar-refractivity contribution is -0.124. The highest BCUT2D eigenvalue weighted by Crippen LogP contribution is 2.33. The fourth-order valence-electron chi connectivity index (χ4n) is 3.00. The number of hydrogen-bond donors (Lipinski definition) is 1. The van der Waals surface area contributed by atoms with Gasteiger partial charge in [-0.3, -0.25) is 4.79 Å². The summed E-state index contributed by atoms with van der Waals surface area (Å²) in [4.78, 5) is 26.1. The first-order chi connectivity index (χ1) is 12.0. The largest absolute Gasteiger partial charge is 0.449 e. The smallest absolute Gasteiger partial charge is 0.340 e. The average Bonchev–Trinajstić information content (AvgIpc) is 3.17. The fraction of sp³-hybridized carbons (Fsp3) is 0.500. The fourth-order valence-corrected chi connectivity index (χ4v) is 4.23. The number of nitrogens with one attached hydrogen (secondary N) is 1. The van der Waals surface area contributed by atoms with E-state index in [4.69, 9.17) is 9.26 Å². The Bertz CT molecular complexity index is 780. The first kappa shape index (κ1) is 17.7. The summed E-state index contributed by atoms with van der Waals surface area (Å²) in [7, 11) is 0. The number of nitrogens with zero attached hydrogens (tertiary/aromatic N) is 1. The van der Waals surface area contributed by atoms with Crippen LogP contribution in [0.15, 0.2) is 16.0 Å². The molecular weight excluding hydrogens is 340 g/mol. The highest BCUT2D eigenvalue weighted by Gasteiger charge is 2.27. The van der Waals surface area contributed by atoms with E-state index in [9.17, 15) is 9.59 Å². The summed E-state index contributed by atoms with van der Waals surface area (Å²) in [5.74, 6) is 0.737. The van der Waals surface area contributed by atoms with Gasteiger partial charge in [0, 0.05) is 16.3 Å². The van der Waals surface area contributed by atoms with Crippen LogP contribution in [0.1, 0.15) is 53.2 Å².